The Labute approximate surface area is 140 Å². The van der Waals surface area contributed by atoms with Crippen molar-refractivity contribution in [3.05, 3.63) is 53.4 Å². The lowest BCUT2D eigenvalue weighted by Gasteiger charge is -2.36. The van der Waals surface area contributed by atoms with Crippen molar-refractivity contribution in [3.63, 3.8) is 0 Å². The molecule has 1 aromatic heterocycles. The lowest BCUT2D eigenvalue weighted by Crippen LogP contribution is -2.49. The molecule has 1 aliphatic rings. The Kier molecular flexibility index (Phi) is 4.47. The van der Waals surface area contributed by atoms with Crippen molar-refractivity contribution in [2.24, 2.45) is 0 Å². The Hall–Kier alpha value is -2.84. The van der Waals surface area contributed by atoms with Gasteiger partial charge in [0.25, 0.3) is 17.8 Å². The normalized spacial score (nSPS) is 14.7. The molecule has 0 bridgehead atoms. The summed E-state index contributed by atoms with van der Waals surface area (Å²) >= 11 is 0. The molecule has 2 heterocycles. The largest absolute Gasteiger partial charge is 0.507 e. The van der Waals surface area contributed by atoms with E-state index in [1.807, 2.05) is 0 Å². The fourth-order valence-electron chi connectivity index (χ4n) is 2.71. The summed E-state index contributed by atoms with van der Waals surface area (Å²) in [7, 11) is 0. The molecule has 0 saturated carbocycles. The predicted octanol–water partition coefficient (Wildman–Crippen LogP) is 2.31. The zero-order valence-corrected chi connectivity index (χ0v) is 12.8. The van der Waals surface area contributed by atoms with E-state index in [0.29, 0.717) is 0 Å². The summed E-state index contributed by atoms with van der Waals surface area (Å²) in [5.74, 6) is -7.20. The molecule has 3 rings (SSSR count). The minimum absolute atomic E-state index is 0.0317. The quantitative estimate of drug-likeness (QED) is 0.664. The van der Waals surface area contributed by atoms with E-state index < -0.39 is 35.1 Å². The van der Waals surface area contributed by atoms with E-state index in [0.717, 1.165) is 4.90 Å². The molecular weight excluding hydrogens is 342 g/mol. The fourth-order valence-corrected chi connectivity index (χ4v) is 2.71. The van der Waals surface area contributed by atoms with Crippen LogP contribution in [0.1, 0.15) is 10.4 Å². The molecule has 5 nitrogen and oxygen atoms in total. The number of para-hydroxylation sites is 1. The van der Waals surface area contributed by atoms with E-state index >= 15 is 0 Å². The second kappa shape index (κ2) is 6.58. The van der Waals surface area contributed by atoms with Crippen LogP contribution in [0.25, 0.3) is 0 Å². The van der Waals surface area contributed by atoms with Gasteiger partial charge in [-0.25, -0.2) is 0 Å². The number of benzene rings is 1. The van der Waals surface area contributed by atoms with E-state index in [1.165, 1.54) is 17.0 Å². The molecule has 1 aromatic carbocycles. The van der Waals surface area contributed by atoms with Crippen molar-refractivity contribution < 1.29 is 27.5 Å². The Morgan fingerprint density at radius 1 is 0.960 bits per heavy atom. The lowest BCUT2D eigenvalue weighted by atomic mass is 10.1. The van der Waals surface area contributed by atoms with Crippen molar-refractivity contribution >= 4 is 11.6 Å². The SMILES string of the molecule is O=C(c1ccccc1O)N1CCN(c2c(F)c(F)nc(F)c2F)CC1. The van der Waals surface area contributed by atoms with Gasteiger partial charge in [0.1, 0.15) is 11.4 Å². The standard InChI is InChI=1S/C16H13F4N3O2/c17-11-13(12(18)15(20)21-14(11)19)22-5-7-23(8-6-22)16(25)9-3-1-2-4-10(9)24/h1-4,24H,5-8H2. The number of pyridine rings is 1. The number of aromatic nitrogens is 1. The first kappa shape index (κ1) is 17.0. The van der Waals surface area contributed by atoms with Crippen LogP contribution in [0.15, 0.2) is 24.3 Å². The summed E-state index contributed by atoms with van der Waals surface area (Å²) < 4.78 is 54.1. The average Bonchev–Trinajstić information content (AvgIpc) is 2.61. The van der Waals surface area contributed by atoms with Gasteiger partial charge in [-0.05, 0) is 12.1 Å². The van der Waals surface area contributed by atoms with E-state index in [4.69, 9.17) is 0 Å². The maximum absolute atomic E-state index is 13.8. The van der Waals surface area contributed by atoms with Crippen LogP contribution in [0.2, 0.25) is 0 Å². The van der Waals surface area contributed by atoms with Crippen LogP contribution in [-0.2, 0) is 0 Å². The van der Waals surface area contributed by atoms with Crippen LogP contribution < -0.4 is 4.90 Å². The molecule has 9 heteroatoms. The summed E-state index contributed by atoms with van der Waals surface area (Å²) in [4.78, 5) is 17.4. The molecule has 1 aliphatic heterocycles. The number of carbonyl (C=O) groups excluding carboxylic acids is 1. The smallest absolute Gasteiger partial charge is 0.257 e. The Balaban J connectivity index is 1.77. The number of amides is 1. The first-order valence-electron chi connectivity index (χ1n) is 7.42. The number of hydrogen-bond acceptors (Lipinski definition) is 4. The number of rotatable bonds is 2. The first-order chi connectivity index (χ1) is 11.9. The van der Waals surface area contributed by atoms with Gasteiger partial charge >= 0.3 is 0 Å². The average molecular weight is 355 g/mol. The maximum Gasteiger partial charge on any atom is 0.257 e. The highest BCUT2D eigenvalue weighted by Crippen LogP contribution is 2.27. The van der Waals surface area contributed by atoms with Crippen molar-refractivity contribution in [2.45, 2.75) is 0 Å². The summed E-state index contributed by atoms with van der Waals surface area (Å²) in [6.07, 6.45) is 0. The monoisotopic (exact) mass is 355 g/mol. The summed E-state index contributed by atoms with van der Waals surface area (Å²) in [5, 5.41) is 9.73. The molecule has 0 radical (unpaired) electrons. The molecule has 1 amide bonds. The third-order valence-electron chi connectivity index (χ3n) is 3.99. The van der Waals surface area contributed by atoms with Gasteiger partial charge in [-0.1, -0.05) is 12.1 Å². The van der Waals surface area contributed by atoms with E-state index in [1.54, 1.807) is 12.1 Å². The van der Waals surface area contributed by atoms with E-state index in [-0.39, 0.29) is 37.5 Å². The first-order valence-corrected chi connectivity index (χ1v) is 7.42. The van der Waals surface area contributed by atoms with Crippen LogP contribution in [0.4, 0.5) is 23.2 Å². The van der Waals surface area contributed by atoms with Crippen LogP contribution in [0.3, 0.4) is 0 Å². The van der Waals surface area contributed by atoms with Gasteiger partial charge in [0.2, 0.25) is 11.6 Å². The van der Waals surface area contributed by atoms with Gasteiger partial charge in [-0.3, -0.25) is 4.79 Å². The number of phenolic OH excluding ortho intramolecular Hbond substituents is 1. The topological polar surface area (TPSA) is 56.7 Å². The second-order valence-corrected chi connectivity index (χ2v) is 5.47. The molecule has 0 aliphatic carbocycles. The molecule has 1 N–H and O–H groups in total. The molecule has 0 spiro atoms. The number of carbonyl (C=O) groups is 1. The highest BCUT2D eigenvalue weighted by molar-refractivity contribution is 5.96. The Bertz CT molecular complexity index is 797. The van der Waals surface area contributed by atoms with Crippen LogP contribution in [0.5, 0.6) is 5.75 Å². The van der Waals surface area contributed by atoms with Crippen LogP contribution >= 0.6 is 0 Å². The molecule has 0 unspecified atom stereocenters. The zero-order valence-electron chi connectivity index (χ0n) is 12.8. The zero-order chi connectivity index (χ0) is 18.1. The predicted molar refractivity (Wildman–Crippen MR) is 80.3 cm³/mol. The number of nitrogens with zero attached hydrogens (tertiary/aromatic N) is 3. The highest BCUT2D eigenvalue weighted by atomic mass is 19.2. The third kappa shape index (κ3) is 3.09. The summed E-state index contributed by atoms with van der Waals surface area (Å²) in [6, 6.07) is 5.99. The van der Waals surface area contributed by atoms with Gasteiger partial charge in [0, 0.05) is 26.2 Å². The number of aromatic hydroxyl groups is 1. The Morgan fingerprint density at radius 2 is 1.52 bits per heavy atom. The second-order valence-electron chi connectivity index (χ2n) is 5.47. The van der Waals surface area contributed by atoms with Crippen LogP contribution in [-0.4, -0.2) is 47.1 Å². The van der Waals surface area contributed by atoms with Gasteiger partial charge in [0.15, 0.2) is 0 Å². The number of phenols is 1. The van der Waals surface area contributed by atoms with Crippen molar-refractivity contribution in [1.82, 2.24) is 9.88 Å². The summed E-state index contributed by atoms with van der Waals surface area (Å²) in [5.41, 5.74) is -0.728. The molecule has 2 aromatic rings. The molecule has 1 fully saturated rings. The van der Waals surface area contributed by atoms with Crippen LogP contribution in [0, 0.1) is 23.5 Å². The molecule has 25 heavy (non-hydrogen) atoms. The van der Waals surface area contributed by atoms with E-state index in [2.05, 4.69) is 4.98 Å². The number of anilines is 1. The minimum atomic E-state index is -1.72. The van der Waals surface area contributed by atoms with Crippen molar-refractivity contribution in [3.8, 4) is 5.75 Å². The van der Waals surface area contributed by atoms with Crippen molar-refractivity contribution in [1.29, 1.82) is 0 Å². The fraction of sp³-hybridized carbons (Fsp3) is 0.250. The van der Waals surface area contributed by atoms with Gasteiger partial charge < -0.3 is 14.9 Å². The number of halogens is 4. The minimum Gasteiger partial charge on any atom is -0.507 e. The van der Waals surface area contributed by atoms with Gasteiger partial charge in [-0.15, -0.1) is 0 Å². The van der Waals surface area contributed by atoms with Gasteiger partial charge in [0.05, 0.1) is 5.56 Å². The Morgan fingerprint density at radius 3 is 2.08 bits per heavy atom. The molecule has 1 saturated heterocycles. The van der Waals surface area contributed by atoms with Crippen molar-refractivity contribution in [2.75, 3.05) is 31.1 Å². The highest BCUT2D eigenvalue weighted by Gasteiger charge is 2.30. The lowest BCUT2D eigenvalue weighted by molar-refractivity contribution is 0.0743. The van der Waals surface area contributed by atoms with Gasteiger partial charge in [-0.2, -0.15) is 22.5 Å². The molecular formula is C16H13F4N3O2. The molecule has 132 valence electrons. The number of piperazine rings is 1. The third-order valence-corrected chi connectivity index (χ3v) is 3.99. The molecule has 0 atom stereocenters. The summed E-state index contributed by atoms with van der Waals surface area (Å²) in [6.45, 7) is 0.0708. The maximum atomic E-state index is 13.8. The van der Waals surface area contributed by atoms with E-state index in [9.17, 15) is 27.5 Å². The number of hydrogen-bond donors (Lipinski definition) is 1.